The molecule has 0 aromatic heterocycles. The maximum absolute atomic E-state index is 12.5. The Kier molecular flexibility index (Phi) is 4.45. The van der Waals surface area contributed by atoms with Crippen LogP contribution in [-0.4, -0.2) is 16.8 Å². The minimum absolute atomic E-state index is 0.0866. The predicted octanol–water partition coefficient (Wildman–Crippen LogP) is 3.91. The molecule has 0 spiro atoms. The second-order valence-electron chi connectivity index (χ2n) is 3.36. The normalized spacial score (nSPS) is 11.5. The Labute approximate surface area is 101 Å². The maximum atomic E-state index is 12.5. The Balaban J connectivity index is 3.14. The second-order valence-corrected chi connectivity index (χ2v) is 4.50. The molecular weight excluding hydrogens is 253 g/mol. The Morgan fingerprint density at radius 1 is 1.41 bits per heavy atom. The van der Waals surface area contributed by atoms with Gasteiger partial charge in [-0.3, -0.25) is 0 Å². The van der Waals surface area contributed by atoms with Crippen LogP contribution >= 0.6 is 11.8 Å². The zero-order chi connectivity index (χ0) is 13.1. The largest absolute Gasteiger partial charge is 0.478 e. The molecule has 94 valence electrons. The van der Waals surface area contributed by atoms with Gasteiger partial charge in [-0.1, -0.05) is 6.92 Å². The van der Waals surface area contributed by atoms with Gasteiger partial charge in [-0.25, -0.2) is 4.79 Å². The molecule has 1 N–H and O–H groups in total. The van der Waals surface area contributed by atoms with Crippen LogP contribution in [0, 0.1) is 0 Å². The van der Waals surface area contributed by atoms with Gasteiger partial charge in [-0.15, -0.1) is 11.8 Å². The first kappa shape index (κ1) is 13.9. The molecule has 0 bridgehead atoms. The number of carboxylic acid groups (broad SMARTS) is 1. The number of hydrogen-bond acceptors (Lipinski definition) is 2. The Hall–Kier alpha value is -1.17. The lowest BCUT2D eigenvalue weighted by Gasteiger charge is -2.10. The molecular formula is C11H11F3O2S. The average Bonchev–Trinajstić information content (AvgIpc) is 2.24. The lowest BCUT2D eigenvalue weighted by atomic mass is 10.1. The van der Waals surface area contributed by atoms with Crippen LogP contribution in [0.5, 0.6) is 0 Å². The summed E-state index contributed by atoms with van der Waals surface area (Å²) >= 11 is 1.12. The van der Waals surface area contributed by atoms with Crippen molar-refractivity contribution >= 4 is 17.7 Å². The van der Waals surface area contributed by atoms with Crippen LogP contribution in [0.4, 0.5) is 13.2 Å². The molecule has 6 heteroatoms. The Bertz CT molecular complexity index is 416. The molecule has 1 aromatic carbocycles. The number of carboxylic acids is 1. The minimum atomic E-state index is -4.45. The zero-order valence-electron chi connectivity index (χ0n) is 9.04. The highest BCUT2D eigenvalue weighted by molar-refractivity contribution is 7.99. The summed E-state index contributed by atoms with van der Waals surface area (Å²) in [5.74, 6) is -0.626. The maximum Gasteiger partial charge on any atom is 0.416 e. The van der Waals surface area contributed by atoms with Crippen molar-refractivity contribution in [1.82, 2.24) is 0 Å². The van der Waals surface area contributed by atoms with Gasteiger partial charge in [0.25, 0.3) is 0 Å². The van der Waals surface area contributed by atoms with Crippen LogP contribution in [0.1, 0.15) is 29.3 Å². The van der Waals surface area contributed by atoms with Crippen LogP contribution in [0.25, 0.3) is 0 Å². The molecule has 1 aromatic rings. The number of halogens is 3. The third kappa shape index (κ3) is 3.66. The SMILES string of the molecule is CCCSc1cc(C(F)(F)F)ccc1C(=O)O. The molecule has 0 unspecified atom stereocenters. The first-order chi connectivity index (χ1) is 7.86. The highest BCUT2D eigenvalue weighted by Crippen LogP contribution is 2.33. The van der Waals surface area contributed by atoms with E-state index in [1.807, 2.05) is 6.92 Å². The van der Waals surface area contributed by atoms with Gasteiger partial charge in [-0.05, 0) is 30.4 Å². The highest BCUT2D eigenvalue weighted by atomic mass is 32.2. The number of benzene rings is 1. The van der Waals surface area contributed by atoms with Gasteiger partial charge in [0.1, 0.15) is 0 Å². The summed E-state index contributed by atoms with van der Waals surface area (Å²) in [6, 6.07) is 2.69. The number of alkyl halides is 3. The third-order valence-corrected chi connectivity index (χ3v) is 3.26. The molecule has 0 fully saturated rings. The van der Waals surface area contributed by atoms with Crippen molar-refractivity contribution in [3.63, 3.8) is 0 Å². The average molecular weight is 264 g/mol. The fourth-order valence-electron chi connectivity index (χ4n) is 1.21. The Morgan fingerprint density at radius 2 is 2.06 bits per heavy atom. The van der Waals surface area contributed by atoms with Crippen LogP contribution in [0.2, 0.25) is 0 Å². The first-order valence-corrected chi connectivity index (χ1v) is 5.92. The summed E-state index contributed by atoms with van der Waals surface area (Å²) in [6.45, 7) is 1.88. The van der Waals surface area contributed by atoms with E-state index < -0.39 is 17.7 Å². The van der Waals surface area contributed by atoms with Crippen molar-refractivity contribution in [2.45, 2.75) is 24.4 Å². The number of carbonyl (C=O) groups is 1. The van der Waals surface area contributed by atoms with Gasteiger partial charge in [0.2, 0.25) is 0 Å². The molecule has 2 nitrogen and oxygen atoms in total. The first-order valence-electron chi connectivity index (χ1n) is 4.93. The molecule has 0 amide bonds. The molecule has 0 saturated heterocycles. The summed E-state index contributed by atoms with van der Waals surface area (Å²) in [5.41, 5.74) is -0.905. The van der Waals surface area contributed by atoms with Gasteiger partial charge < -0.3 is 5.11 Å². The second kappa shape index (κ2) is 5.44. The van der Waals surface area contributed by atoms with E-state index in [0.29, 0.717) is 5.75 Å². The summed E-state index contributed by atoms with van der Waals surface area (Å²) in [4.78, 5) is 11.0. The predicted molar refractivity (Wildman–Crippen MR) is 59.4 cm³/mol. The van der Waals surface area contributed by atoms with Crippen molar-refractivity contribution in [3.8, 4) is 0 Å². The Morgan fingerprint density at radius 3 is 2.53 bits per heavy atom. The van der Waals surface area contributed by atoms with Gasteiger partial charge in [0, 0.05) is 4.90 Å². The van der Waals surface area contributed by atoms with E-state index in [1.165, 1.54) is 0 Å². The van der Waals surface area contributed by atoms with E-state index in [0.717, 1.165) is 36.4 Å². The van der Waals surface area contributed by atoms with Gasteiger partial charge in [0.15, 0.2) is 0 Å². The zero-order valence-corrected chi connectivity index (χ0v) is 9.86. The van der Waals surface area contributed by atoms with E-state index >= 15 is 0 Å². The van der Waals surface area contributed by atoms with E-state index in [1.54, 1.807) is 0 Å². The lowest BCUT2D eigenvalue weighted by molar-refractivity contribution is -0.137. The van der Waals surface area contributed by atoms with Crippen LogP contribution in [0.15, 0.2) is 23.1 Å². The summed E-state index contributed by atoms with van der Waals surface area (Å²) < 4.78 is 37.4. The lowest BCUT2D eigenvalue weighted by Crippen LogP contribution is -2.07. The van der Waals surface area contributed by atoms with Crippen molar-refractivity contribution in [2.75, 3.05) is 5.75 Å². The van der Waals surface area contributed by atoms with E-state index in [2.05, 4.69) is 0 Å². The third-order valence-electron chi connectivity index (χ3n) is 2.00. The fourth-order valence-corrected chi connectivity index (χ4v) is 2.15. The van der Waals surface area contributed by atoms with Crippen LogP contribution < -0.4 is 0 Å². The number of hydrogen-bond donors (Lipinski definition) is 1. The molecule has 0 aliphatic carbocycles. The molecule has 17 heavy (non-hydrogen) atoms. The molecule has 0 saturated carbocycles. The van der Waals surface area contributed by atoms with E-state index in [9.17, 15) is 18.0 Å². The van der Waals surface area contributed by atoms with E-state index in [-0.39, 0.29) is 10.5 Å². The number of rotatable bonds is 4. The topological polar surface area (TPSA) is 37.3 Å². The van der Waals surface area contributed by atoms with Crippen molar-refractivity contribution in [2.24, 2.45) is 0 Å². The van der Waals surface area contributed by atoms with Gasteiger partial charge in [0.05, 0.1) is 11.1 Å². The fraction of sp³-hybridized carbons (Fsp3) is 0.364. The quantitative estimate of drug-likeness (QED) is 0.838. The molecule has 0 aliphatic rings. The van der Waals surface area contributed by atoms with Gasteiger partial charge >= 0.3 is 12.1 Å². The molecule has 0 radical (unpaired) electrons. The molecule has 1 rings (SSSR count). The number of thioether (sulfide) groups is 1. The molecule has 0 aliphatic heterocycles. The summed E-state index contributed by atoms with van der Waals surface area (Å²) in [6.07, 6.45) is -3.68. The summed E-state index contributed by atoms with van der Waals surface area (Å²) in [7, 11) is 0. The standard InChI is InChI=1S/C11H11F3O2S/c1-2-5-17-9-6-7(11(12,13)14)3-4-8(9)10(15)16/h3-4,6H,2,5H2,1H3,(H,15,16). The number of aromatic carboxylic acids is 1. The smallest absolute Gasteiger partial charge is 0.416 e. The van der Waals surface area contributed by atoms with Crippen LogP contribution in [-0.2, 0) is 6.18 Å². The molecule has 0 heterocycles. The van der Waals surface area contributed by atoms with E-state index in [4.69, 9.17) is 5.11 Å². The van der Waals surface area contributed by atoms with Crippen molar-refractivity contribution in [1.29, 1.82) is 0 Å². The van der Waals surface area contributed by atoms with Crippen LogP contribution in [0.3, 0.4) is 0 Å². The highest BCUT2D eigenvalue weighted by Gasteiger charge is 2.31. The molecule has 0 atom stereocenters. The van der Waals surface area contributed by atoms with Crippen molar-refractivity contribution in [3.05, 3.63) is 29.3 Å². The monoisotopic (exact) mass is 264 g/mol. The summed E-state index contributed by atoms with van der Waals surface area (Å²) in [5, 5.41) is 8.86. The minimum Gasteiger partial charge on any atom is -0.478 e. The van der Waals surface area contributed by atoms with Crippen molar-refractivity contribution < 1.29 is 23.1 Å². The van der Waals surface area contributed by atoms with Gasteiger partial charge in [-0.2, -0.15) is 13.2 Å².